The molecule has 0 aliphatic rings. The van der Waals surface area contributed by atoms with Gasteiger partial charge in [-0.1, -0.05) is 30.3 Å². The minimum absolute atomic E-state index is 0.276. The fourth-order valence-electron chi connectivity index (χ4n) is 4.54. The van der Waals surface area contributed by atoms with Gasteiger partial charge in [0, 0.05) is 0 Å². The van der Waals surface area contributed by atoms with E-state index in [4.69, 9.17) is 4.74 Å². The van der Waals surface area contributed by atoms with Crippen LogP contribution >= 0.6 is 0 Å². The van der Waals surface area contributed by atoms with E-state index in [0.29, 0.717) is 12.2 Å². The number of esters is 1. The van der Waals surface area contributed by atoms with Gasteiger partial charge in [-0.3, -0.25) is 0 Å². The molecule has 0 atom stereocenters. The van der Waals surface area contributed by atoms with E-state index in [1.54, 1.807) is 0 Å². The molecule has 6 aromatic carbocycles. The van der Waals surface area contributed by atoms with Crippen LogP contribution in [0.1, 0.15) is 17.3 Å². The molecule has 0 N–H and O–H groups in total. The van der Waals surface area contributed by atoms with Gasteiger partial charge in [0.15, 0.2) is 0 Å². The summed E-state index contributed by atoms with van der Waals surface area (Å²) in [6.45, 7) is 2.20. The first-order valence-corrected chi connectivity index (χ1v) is 10.6. The number of carbonyl (C=O) groups is 1. The highest BCUT2D eigenvalue weighted by atomic mass is 16.5. The Morgan fingerprint density at radius 2 is 0.935 bits per heavy atom. The SMILES string of the molecule is CCOC(=O)c1ccc2cc3cc4cc5cc6ccccc6cc5cc4cc3cc2c1. The largest absolute Gasteiger partial charge is 0.462 e. The third kappa shape index (κ3) is 3.00. The predicted octanol–water partition coefficient (Wildman–Crippen LogP) is 7.63. The normalized spacial score (nSPS) is 11.6. The summed E-state index contributed by atoms with van der Waals surface area (Å²) in [5, 5.41) is 12.0. The lowest BCUT2D eigenvalue weighted by atomic mass is 9.96. The first-order valence-electron chi connectivity index (χ1n) is 10.6. The van der Waals surface area contributed by atoms with Gasteiger partial charge < -0.3 is 4.74 Å². The van der Waals surface area contributed by atoms with Gasteiger partial charge >= 0.3 is 5.97 Å². The molecular formula is C29H20O2. The van der Waals surface area contributed by atoms with Crippen LogP contribution in [0.2, 0.25) is 0 Å². The molecule has 0 saturated carbocycles. The van der Waals surface area contributed by atoms with Gasteiger partial charge in [-0.15, -0.1) is 0 Å². The second kappa shape index (κ2) is 6.82. The Morgan fingerprint density at radius 3 is 1.39 bits per heavy atom. The average Bonchev–Trinajstić information content (AvgIpc) is 2.78. The molecule has 31 heavy (non-hydrogen) atoms. The van der Waals surface area contributed by atoms with E-state index in [0.717, 1.165) is 10.8 Å². The minimum Gasteiger partial charge on any atom is -0.462 e. The quantitative estimate of drug-likeness (QED) is 0.221. The van der Waals surface area contributed by atoms with Crippen molar-refractivity contribution in [3.8, 4) is 0 Å². The zero-order valence-corrected chi connectivity index (χ0v) is 17.2. The highest BCUT2D eigenvalue weighted by Gasteiger charge is 2.09. The maximum absolute atomic E-state index is 12.1. The number of ether oxygens (including phenoxy) is 1. The zero-order chi connectivity index (χ0) is 20.9. The summed E-state index contributed by atoms with van der Waals surface area (Å²) in [6, 6.07) is 32.2. The summed E-state index contributed by atoms with van der Waals surface area (Å²) in [5.41, 5.74) is 0.590. The van der Waals surface area contributed by atoms with Crippen molar-refractivity contribution in [3.63, 3.8) is 0 Å². The fraction of sp³-hybridized carbons (Fsp3) is 0.0690. The molecule has 0 saturated heterocycles. The van der Waals surface area contributed by atoms with Crippen molar-refractivity contribution < 1.29 is 9.53 Å². The highest BCUT2D eigenvalue weighted by Crippen LogP contribution is 2.32. The molecule has 0 fully saturated rings. The van der Waals surface area contributed by atoms with Crippen LogP contribution in [-0.2, 0) is 4.74 Å². The Morgan fingerprint density at radius 1 is 0.548 bits per heavy atom. The van der Waals surface area contributed by atoms with E-state index in [2.05, 4.69) is 72.8 Å². The highest BCUT2D eigenvalue weighted by molar-refractivity contribution is 6.10. The van der Waals surface area contributed by atoms with Crippen LogP contribution in [-0.4, -0.2) is 12.6 Å². The van der Waals surface area contributed by atoms with E-state index in [1.165, 1.54) is 43.1 Å². The summed E-state index contributed by atoms with van der Waals surface area (Å²) < 4.78 is 5.15. The molecule has 0 heterocycles. The smallest absolute Gasteiger partial charge is 0.338 e. The van der Waals surface area contributed by atoms with E-state index < -0.39 is 0 Å². The standard InChI is InChI=1S/C29H20O2/c1-2-31-29(30)21-8-7-20-11-25-16-27-14-23-9-18-5-3-4-6-19(18)10-24(23)15-28(27)17-26(25)13-22(20)12-21/h3-17H,2H2,1H3. The molecule has 0 amide bonds. The number of hydrogen-bond acceptors (Lipinski definition) is 2. The molecule has 0 spiro atoms. The molecule has 2 nitrogen and oxygen atoms in total. The van der Waals surface area contributed by atoms with E-state index in [-0.39, 0.29) is 5.97 Å². The maximum Gasteiger partial charge on any atom is 0.338 e. The van der Waals surface area contributed by atoms with Crippen LogP contribution in [0.3, 0.4) is 0 Å². The molecule has 0 radical (unpaired) electrons. The molecule has 2 heteroatoms. The molecule has 6 rings (SSSR count). The van der Waals surface area contributed by atoms with Crippen LogP contribution < -0.4 is 0 Å². The lowest BCUT2D eigenvalue weighted by Crippen LogP contribution is -2.04. The van der Waals surface area contributed by atoms with Crippen molar-refractivity contribution in [2.75, 3.05) is 6.61 Å². The molecule has 0 unspecified atom stereocenters. The van der Waals surface area contributed by atoms with Gasteiger partial charge in [0.05, 0.1) is 12.2 Å². The van der Waals surface area contributed by atoms with Crippen molar-refractivity contribution in [1.29, 1.82) is 0 Å². The molecule has 0 aliphatic carbocycles. The first-order chi connectivity index (χ1) is 15.2. The van der Waals surface area contributed by atoms with Crippen LogP contribution in [0.5, 0.6) is 0 Å². The van der Waals surface area contributed by atoms with Gasteiger partial charge in [0.2, 0.25) is 0 Å². The van der Waals surface area contributed by atoms with Gasteiger partial charge in [-0.25, -0.2) is 4.79 Å². The average molecular weight is 400 g/mol. The van der Waals surface area contributed by atoms with E-state index in [1.807, 2.05) is 25.1 Å². The lowest BCUT2D eigenvalue weighted by molar-refractivity contribution is 0.0526. The Kier molecular flexibility index (Phi) is 3.94. The predicted molar refractivity (Wildman–Crippen MR) is 130 cm³/mol. The van der Waals surface area contributed by atoms with Crippen LogP contribution in [0.4, 0.5) is 0 Å². The minimum atomic E-state index is -0.276. The lowest BCUT2D eigenvalue weighted by Gasteiger charge is -2.09. The number of fused-ring (bicyclic) bond motifs is 5. The van der Waals surface area contributed by atoms with Crippen molar-refractivity contribution in [1.82, 2.24) is 0 Å². The number of rotatable bonds is 2. The third-order valence-electron chi connectivity index (χ3n) is 6.08. The second-order valence-corrected chi connectivity index (χ2v) is 8.08. The first kappa shape index (κ1) is 17.9. The number of carbonyl (C=O) groups excluding carboxylic acids is 1. The van der Waals surface area contributed by atoms with E-state index in [9.17, 15) is 4.79 Å². The summed E-state index contributed by atoms with van der Waals surface area (Å²) in [6.07, 6.45) is 0. The van der Waals surface area contributed by atoms with Crippen LogP contribution in [0.15, 0.2) is 91.0 Å². The second-order valence-electron chi connectivity index (χ2n) is 8.08. The van der Waals surface area contributed by atoms with E-state index >= 15 is 0 Å². The third-order valence-corrected chi connectivity index (χ3v) is 6.08. The molecular weight excluding hydrogens is 380 g/mol. The summed E-state index contributed by atoms with van der Waals surface area (Å²) in [7, 11) is 0. The fourth-order valence-corrected chi connectivity index (χ4v) is 4.54. The zero-order valence-electron chi connectivity index (χ0n) is 17.2. The summed E-state index contributed by atoms with van der Waals surface area (Å²) >= 11 is 0. The molecule has 0 bridgehead atoms. The Balaban J connectivity index is 1.57. The Bertz CT molecular complexity index is 1660. The van der Waals surface area contributed by atoms with Crippen molar-refractivity contribution >= 4 is 59.8 Å². The summed E-state index contributed by atoms with van der Waals surface area (Å²) in [4.78, 5) is 12.1. The molecule has 6 aromatic rings. The topological polar surface area (TPSA) is 26.3 Å². The van der Waals surface area contributed by atoms with Crippen molar-refractivity contribution in [2.45, 2.75) is 6.92 Å². The molecule has 148 valence electrons. The van der Waals surface area contributed by atoms with Crippen LogP contribution in [0.25, 0.3) is 53.9 Å². The summed E-state index contributed by atoms with van der Waals surface area (Å²) in [5.74, 6) is -0.276. The van der Waals surface area contributed by atoms with Gasteiger partial charge in [-0.05, 0) is 121 Å². The molecule has 0 aromatic heterocycles. The maximum atomic E-state index is 12.1. The van der Waals surface area contributed by atoms with Gasteiger partial charge in [0.25, 0.3) is 0 Å². The van der Waals surface area contributed by atoms with Crippen molar-refractivity contribution in [3.05, 3.63) is 96.6 Å². The number of benzene rings is 6. The Labute approximate surface area is 179 Å². The van der Waals surface area contributed by atoms with Gasteiger partial charge in [-0.2, -0.15) is 0 Å². The monoisotopic (exact) mass is 400 g/mol. The Hall–Kier alpha value is -3.91. The molecule has 0 aliphatic heterocycles. The van der Waals surface area contributed by atoms with Crippen LogP contribution in [0, 0.1) is 0 Å². The van der Waals surface area contributed by atoms with Gasteiger partial charge in [0.1, 0.15) is 0 Å². The number of hydrogen-bond donors (Lipinski definition) is 0. The van der Waals surface area contributed by atoms with Crippen molar-refractivity contribution in [2.24, 2.45) is 0 Å².